The second-order valence-electron chi connectivity index (χ2n) is 8.26. The molecule has 2 aromatic heterocycles. The van der Waals surface area contributed by atoms with Gasteiger partial charge in [0.1, 0.15) is 5.03 Å². The SMILES string of the molecule is CCn1nc(/S(N)=N/C(=O)Nc2c3c(nc4c2CCC4(C)C)CCC3)cc1CO. The van der Waals surface area contributed by atoms with E-state index in [1.807, 2.05) is 6.92 Å². The molecule has 0 aliphatic heterocycles. The number of hydrogen-bond acceptors (Lipinski definition) is 4. The molecule has 0 aromatic carbocycles. The van der Waals surface area contributed by atoms with E-state index in [0.717, 1.165) is 60.3 Å². The third-order valence-corrected chi connectivity index (χ3v) is 6.89. The van der Waals surface area contributed by atoms with Gasteiger partial charge in [-0.15, -0.1) is 4.36 Å². The molecule has 0 saturated heterocycles. The van der Waals surface area contributed by atoms with Crippen LogP contribution in [0, 0.1) is 0 Å². The van der Waals surface area contributed by atoms with Gasteiger partial charge in [-0.2, -0.15) is 5.10 Å². The number of aromatic nitrogens is 3. The number of urea groups is 1. The highest BCUT2D eigenvalue weighted by molar-refractivity contribution is 7.85. The second kappa shape index (κ2) is 7.62. The summed E-state index contributed by atoms with van der Waals surface area (Å²) in [7, 11) is -1.19. The number of carbonyl (C=O) groups excluding carboxylic acids is 1. The third kappa shape index (κ3) is 3.62. The second-order valence-corrected chi connectivity index (χ2v) is 9.49. The summed E-state index contributed by atoms with van der Waals surface area (Å²) in [6.07, 6.45) is 4.88. The van der Waals surface area contributed by atoms with Crippen LogP contribution in [0.3, 0.4) is 0 Å². The summed E-state index contributed by atoms with van der Waals surface area (Å²) >= 11 is 0. The van der Waals surface area contributed by atoms with E-state index in [1.165, 1.54) is 0 Å². The van der Waals surface area contributed by atoms with Crippen molar-refractivity contribution in [3.63, 3.8) is 0 Å². The number of nitrogens with two attached hydrogens (primary N) is 1. The molecule has 2 aliphatic carbocycles. The zero-order valence-electron chi connectivity index (χ0n) is 17.2. The van der Waals surface area contributed by atoms with Crippen molar-refractivity contribution in [1.29, 1.82) is 0 Å². The number of aryl methyl sites for hydroxylation is 2. The Morgan fingerprint density at radius 3 is 2.86 bits per heavy atom. The average molecular weight is 417 g/mol. The van der Waals surface area contributed by atoms with Crippen LogP contribution in [0.1, 0.15) is 61.8 Å². The van der Waals surface area contributed by atoms with Crippen molar-refractivity contribution in [2.75, 3.05) is 5.32 Å². The molecule has 2 aromatic rings. The fraction of sp³-hybridized carbons (Fsp3) is 0.550. The Hall–Kier alpha value is -2.10. The number of aliphatic hydroxyl groups excluding tert-OH is 1. The number of nitrogens with zero attached hydrogens (tertiary/aromatic N) is 4. The van der Waals surface area contributed by atoms with Gasteiger partial charge in [0.25, 0.3) is 0 Å². The largest absolute Gasteiger partial charge is 0.390 e. The number of aliphatic hydroxyl groups is 1. The number of hydrogen-bond donors (Lipinski definition) is 3. The minimum Gasteiger partial charge on any atom is -0.390 e. The molecule has 0 bridgehead atoms. The molecule has 2 heterocycles. The van der Waals surface area contributed by atoms with Crippen LogP contribution in [0.15, 0.2) is 15.5 Å². The van der Waals surface area contributed by atoms with Crippen molar-refractivity contribution in [2.45, 2.75) is 76.5 Å². The van der Waals surface area contributed by atoms with E-state index in [4.69, 9.17) is 10.1 Å². The van der Waals surface area contributed by atoms with E-state index in [9.17, 15) is 9.90 Å². The monoisotopic (exact) mass is 416 g/mol. The first-order valence-corrected chi connectivity index (χ1v) is 11.3. The van der Waals surface area contributed by atoms with Gasteiger partial charge in [-0.1, -0.05) is 13.8 Å². The molecular weight excluding hydrogens is 388 g/mol. The Morgan fingerprint density at radius 1 is 1.38 bits per heavy atom. The van der Waals surface area contributed by atoms with Crippen LogP contribution in [0.5, 0.6) is 0 Å². The molecule has 4 rings (SSSR count). The van der Waals surface area contributed by atoms with Crippen molar-refractivity contribution in [3.05, 3.63) is 34.3 Å². The summed E-state index contributed by atoms with van der Waals surface area (Å²) in [5, 5.41) is 23.4. The zero-order chi connectivity index (χ0) is 20.8. The molecule has 2 amide bonds. The molecule has 4 N–H and O–H groups in total. The van der Waals surface area contributed by atoms with Crippen LogP contribution in [0.2, 0.25) is 0 Å². The number of fused-ring (bicyclic) bond motifs is 2. The van der Waals surface area contributed by atoms with Gasteiger partial charge in [0.2, 0.25) is 0 Å². The average Bonchev–Trinajstić information content (AvgIpc) is 3.39. The van der Waals surface area contributed by atoms with Crippen LogP contribution in [0.4, 0.5) is 10.5 Å². The van der Waals surface area contributed by atoms with Gasteiger partial charge in [-0.25, -0.2) is 4.79 Å². The summed E-state index contributed by atoms with van der Waals surface area (Å²) in [5.41, 5.74) is 6.09. The Kier molecular flexibility index (Phi) is 5.30. The minimum absolute atomic E-state index is 0.0232. The van der Waals surface area contributed by atoms with E-state index in [2.05, 4.69) is 28.6 Å². The van der Waals surface area contributed by atoms with Crippen LogP contribution in [-0.2, 0) is 48.7 Å². The highest BCUT2D eigenvalue weighted by Gasteiger charge is 2.36. The summed E-state index contributed by atoms with van der Waals surface area (Å²) < 4.78 is 5.80. The van der Waals surface area contributed by atoms with Crippen molar-refractivity contribution in [1.82, 2.24) is 14.8 Å². The Balaban J connectivity index is 1.64. The first kappa shape index (κ1) is 20.2. The maximum absolute atomic E-state index is 12.7. The Bertz CT molecular complexity index is 989. The standard InChI is InChI=1S/C20H28N6O2S/c1-4-26-12(11-27)10-16(24-26)29(21)25-19(28)23-17-13-6-5-7-15(13)22-18-14(17)8-9-20(18,2)3/h10,27H,4-9,11H2,1-3H3,(H3,21,22,23,25,28). The third-order valence-electron chi connectivity index (χ3n) is 5.90. The van der Waals surface area contributed by atoms with Gasteiger partial charge in [0.05, 0.1) is 23.7 Å². The van der Waals surface area contributed by atoms with Crippen molar-refractivity contribution < 1.29 is 9.90 Å². The molecule has 2 aliphatic rings. The number of rotatable bonds is 4. The summed E-state index contributed by atoms with van der Waals surface area (Å²) in [6.45, 7) is 6.84. The molecule has 156 valence electrons. The number of anilines is 1. The summed E-state index contributed by atoms with van der Waals surface area (Å²) in [6, 6.07) is 1.24. The fourth-order valence-corrected chi connectivity index (χ4v) is 5.09. The normalized spacial score (nSPS) is 18.0. The van der Waals surface area contributed by atoms with Gasteiger partial charge >= 0.3 is 6.03 Å². The number of nitrogens with one attached hydrogen (secondary N) is 1. The van der Waals surface area contributed by atoms with E-state index in [1.54, 1.807) is 10.7 Å². The molecule has 0 radical (unpaired) electrons. The van der Waals surface area contributed by atoms with E-state index in [0.29, 0.717) is 17.3 Å². The molecule has 0 fully saturated rings. The maximum atomic E-state index is 12.7. The number of carbonyl (C=O) groups is 1. The molecular formula is C20H28N6O2S. The van der Waals surface area contributed by atoms with E-state index >= 15 is 0 Å². The first-order chi connectivity index (χ1) is 13.8. The molecule has 29 heavy (non-hydrogen) atoms. The van der Waals surface area contributed by atoms with Crippen molar-refractivity contribution in [2.24, 2.45) is 9.50 Å². The van der Waals surface area contributed by atoms with E-state index < -0.39 is 16.9 Å². The van der Waals surface area contributed by atoms with Crippen molar-refractivity contribution in [3.8, 4) is 0 Å². The minimum atomic E-state index is -1.19. The van der Waals surface area contributed by atoms with Gasteiger partial charge in [-0.3, -0.25) is 14.8 Å². The molecule has 9 heteroatoms. The smallest absolute Gasteiger partial charge is 0.352 e. The molecule has 0 saturated carbocycles. The van der Waals surface area contributed by atoms with Gasteiger partial charge in [-0.05, 0) is 56.2 Å². The highest BCUT2D eigenvalue weighted by Crippen LogP contribution is 2.44. The topological polar surface area (TPSA) is 118 Å². The van der Waals surface area contributed by atoms with Crippen LogP contribution >= 0.6 is 0 Å². The summed E-state index contributed by atoms with van der Waals surface area (Å²) in [5.74, 6) is 0. The Labute approximate surface area is 173 Å². The predicted molar refractivity (Wildman–Crippen MR) is 113 cm³/mol. The lowest BCUT2D eigenvalue weighted by Gasteiger charge is -2.20. The molecule has 1 unspecified atom stereocenters. The quantitative estimate of drug-likeness (QED) is 0.708. The van der Waals surface area contributed by atoms with Gasteiger partial charge < -0.3 is 10.4 Å². The molecule has 1 atom stereocenters. The number of amides is 2. The molecule has 0 spiro atoms. The maximum Gasteiger partial charge on any atom is 0.352 e. The zero-order valence-corrected chi connectivity index (χ0v) is 18.0. The summed E-state index contributed by atoms with van der Waals surface area (Å²) in [4.78, 5) is 17.7. The predicted octanol–water partition coefficient (Wildman–Crippen LogP) is 2.77. The van der Waals surface area contributed by atoms with Crippen LogP contribution in [-0.4, -0.2) is 25.9 Å². The Morgan fingerprint density at radius 2 is 2.17 bits per heavy atom. The van der Waals surface area contributed by atoms with Crippen molar-refractivity contribution >= 4 is 22.6 Å². The lowest BCUT2D eigenvalue weighted by atomic mass is 9.90. The van der Waals surface area contributed by atoms with E-state index in [-0.39, 0.29) is 12.0 Å². The number of pyridine rings is 1. The first-order valence-electron chi connectivity index (χ1n) is 10.1. The van der Waals surface area contributed by atoms with Gasteiger partial charge in [0, 0.05) is 28.5 Å². The molecule has 8 nitrogen and oxygen atoms in total. The highest BCUT2D eigenvalue weighted by atomic mass is 32.2. The lowest BCUT2D eigenvalue weighted by Crippen LogP contribution is -2.18. The fourth-order valence-electron chi connectivity index (χ4n) is 4.33. The van der Waals surface area contributed by atoms with Gasteiger partial charge in [0.15, 0.2) is 0 Å². The lowest BCUT2D eigenvalue weighted by molar-refractivity contribution is 0.260. The van der Waals surface area contributed by atoms with Crippen LogP contribution < -0.4 is 10.5 Å². The van der Waals surface area contributed by atoms with Crippen LogP contribution in [0.25, 0.3) is 0 Å².